The van der Waals surface area contributed by atoms with Crippen molar-refractivity contribution in [2.75, 3.05) is 18.8 Å². The van der Waals surface area contributed by atoms with Crippen molar-refractivity contribution in [3.63, 3.8) is 0 Å². The standard InChI is InChI=1S/C12H20N2O2S/c1-10(2)17(15,16)13-12-8-6-5-7-11(12)9-14(3)4/h5-8,10,13H,9H2,1-4H3. The number of hydrogen-bond acceptors (Lipinski definition) is 3. The van der Waals surface area contributed by atoms with Crippen LogP contribution in [0.3, 0.4) is 0 Å². The molecular formula is C12H20N2O2S. The van der Waals surface area contributed by atoms with E-state index >= 15 is 0 Å². The summed E-state index contributed by atoms with van der Waals surface area (Å²) in [6.45, 7) is 4.03. The van der Waals surface area contributed by atoms with E-state index in [9.17, 15) is 8.42 Å². The first kappa shape index (κ1) is 14.0. The first-order valence-electron chi connectivity index (χ1n) is 5.57. The molecule has 5 heteroatoms. The van der Waals surface area contributed by atoms with E-state index in [2.05, 4.69) is 4.72 Å². The maximum Gasteiger partial charge on any atom is 0.235 e. The van der Waals surface area contributed by atoms with Crippen molar-refractivity contribution in [3.05, 3.63) is 29.8 Å². The molecule has 0 unspecified atom stereocenters. The first-order chi connectivity index (χ1) is 7.83. The Morgan fingerprint density at radius 3 is 2.35 bits per heavy atom. The summed E-state index contributed by atoms with van der Waals surface area (Å²) >= 11 is 0. The van der Waals surface area contributed by atoms with Gasteiger partial charge in [0.15, 0.2) is 0 Å². The van der Waals surface area contributed by atoms with E-state index in [1.54, 1.807) is 19.9 Å². The van der Waals surface area contributed by atoms with Crippen LogP contribution in [0.2, 0.25) is 0 Å². The van der Waals surface area contributed by atoms with Crippen LogP contribution in [0.5, 0.6) is 0 Å². The van der Waals surface area contributed by atoms with Gasteiger partial charge < -0.3 is 4.90 Å². The van der Waals surface area contributed by atoms with Crippen LogP contribution in [0.15, 0.2) is 24.3 Å². The molecule has 0 aromatic heterocycles. The van der Waals surface area contributed by atoms with Crippen LogP contribution < -0.4 is 4.72 Å². The molecule has 1 aromatic carbocycles. The highest BCUT2D eigenvalue weighted by Gasteiger charge is 2.17. The average molecular weight is 256 g/mol. The molecule has 0 radical (unpaired) electrons. The molecular weight excluding hydrogens is 236 g/mol. The maximum atomic E-state index is 11.8. The lowest BCUT2D eigenvalue weighted by Gasteiger charge is -2.16. The molecule has 17 heavy (non-hydrogen) atoms. The lowest BCUT2D eigenvalue weighted by Crippen LogP contribution is -2.23. The van der Waals surface area contributed by atoms with Gasteiger partial charge in [-0.25, -0.2) is 8.42 Å². The van der Waals surface area contributed by atoms with Crippen LogP contribution >= 0.6 is 0 Å². The van der Waals surface area contributed by atoms with E-state index in [0.29, 0.717) is 12.2 Å². The second-order valence-electron chi connectivity index (χ2n) is 4.59. The fraction of sp³-hybridized carbons (Fsp3) is 0.500. The summed E-state index contributed by atoms with van der Waals surface area (Å²) in [5, 5.41) is -0.435. The quantitative estimate of drug-likeness (QED) is 0.875. The molecule has 0 saturated heterocycles. The Balaban J connectivity index is 2.99. The monoisotopic (exact) mass is 256 g/mol. The smallest absolute Gasteiger partial charge is 0.235 e. The van der Waals surface area contributed by atoms with Gasteiger partial charge in [0, 0.05) is 6.54 Å². The molecule has 0 aliphatic rings. The lowest BCUT2D eigenvalue weighted by atomic mass is 10.2. The van der Waals surface area contributed by atoms with Gasteiger partial charge in [-0.15, -0.1) is 0 Å². The van der Waals surface area contributed by atoms with Gasteiger partial charge in [-0.05, 0) is 39.6 Å². The Morgan fingerprint density at radius 2 is 1.82 bits per heavy atom. The van der Waals surface area contributed by atoms with Gasteiger partial charge in [0.25, 0.3) is 0 Å². The molecule has 0 saturated carbocycles. The van der Waals surface area contributed by atoms with E-state index < -0.39 is 15.3 Å². The maximum absolute atomic E-state index is 11.8. The molecule has 0 atom stereocenters. The molecule has 0 heterocycles. The number of benzene rings is 1. The van der Waals surface area contributed by atoms with Crippen LogP contribution in [0.1, 0.15) is 19.4 Å². The van der Waals surface area contributed by atoms with Gasteiger partial charge in [-0.2, -0.15) is 0 Å². The van der Waals surface area contributed by atoms with Crippen molar-refractivity contribution in [1.82, 2.24) is 4.90 Å². The van der Waals surface area contributed by atoms with Crippen molar-refractivity contribution < 1.29 is 8.42 Å². The molecule has 0 aliphatic carbocycles. The third-order valence-corrected chi connectivity index (χ3v) is 4.12. The van der Waals surface area contributed by atoms with Crippen LogP contribution in [0.25, 0.3) is 0 Å². The Labute approximate surface area is 104 Å². The van der Waals surface area contributed by atoms with Crippen LogP contribution in [-0.4, -0.2) is 32.7 Å². The summed E-state index contributed by atoms with van der Waals surface area (Å²) in [6, 6.07) is 7.46. The zero-order valence-corrected chi connectivity index (χ0v) is 11.6. The second kappa shape index (κ2) is 5.51. The van der Waals surface area contributed by atoms with Gasteiger partial charge in [0.1, 0.15) is 0 Å². The third kappa shape index (κ3) is 4.02. The minimum atomic E-state index is -3.28. The molecule has 1 N–H and O–H groups in total. The van der Waals surface area contributed by atoms with Crippen LogP contribution in [0, 0.1) is 0 Å². The Bertz CT molecular complexity index is 467. The predicted octanol–water partition coefficient (Wildman–Crippen LogP) is 1.90. The van der Waals surface area contributed by atoms with E-state index in [4.69, 9.17) is 0 Å². The molecule has 0 amide bonds. The molecule has 0 bridgehead atoms. The number of hydrogen-bond donors (Lipinski definition) is 1. The average Bonchev–Trinajstić information content (AvgIpc) is 2.19. The minimum absolute atomic E-state index is 0.435. The summed E-state index contributed by atoms with van der Waals surface area (Å²) in [5.74, 6) is 0. The first-order valence-corrected chi connectivity index (χ1v) is 7.12. The molecule has 1 rings (SSSR count). The highest BCUT2D eigenvalue weighted by Crippen LogP contribution is 2.18. The topological polar surface area (TPSA) is 49.4 Å². The summed E-state index contributed by atoms with van der Waals surface area (Å²) < 4.78 is 26.3. The fourth-order valence-corrected chi connectivity index (χ4v) is 2.11. The van der Waals surface area contributed by atoms with Gasteiger partial charge in [0.05, 0.1) is 10.9 Å². The Kier molecular flexibility index (Phi) is 4.54. The Morgan fingerprint density at radius 1 is 1.24 bits per heavy atom. The van der Waals surface area contributed by atoms with E-state index in [-0.39, 0.29) is 0 Å². The largest absolute Gasteiger partial charge is 0.305 e. The number of nitrogens with one attached hydrogen (secondary N) is 1. The van der Waals surface area contributed by atoms with Gasteiger partial charge >= 0.3 is 0 Å². The molecule has 0 spiro atoms. The van der Waals surface area contributed by atoms with Crippen LogP contribution in [0.4, 0.5) is 5.69 Å². The summed E-state index contributed by atoms with van der Waals surface area (Å²) in [5.41, 5.74) is 1.64. The molecule has 0 fully saturated rings. The van der Waals surface area contributed by atoms with Gasteiger partial charge in [-0.1, -0.05) is 18.2 Å². The van der Waals surface area contributed by atoms with Crippen LogP contribution in [-0.2, 0) is 16.6 Å². The van der Waals surface area contributed by atoms with Crippen molar-refractivity contribution in [2.24, 2.45) is 0 Å². The summed E-state index contributed by atoms with van der Waals surface area (Å²) in [7, 11) is 0.626. The minimum Gasteiger partial charge on any atom is -0.305 e. The van der Waals surface area contributed by atoms with Crippen molar-refractivity contribution in [2.45, 2.75) is 25.6 Å². The second-order valence-corrected chi connectivity index (χ2v) is 6.83. The molecule has 0 aliphatic heterocycles. The zero-order chi connectivity index (χ0) is 13.1. The molecule has 4 nitrogen and oxygen atoms in total. The van der Waals surface area contributed by atoms with Crippen molar-refractivity contribution in [3.8, 4) is 0 Å². The zero-order valence-electron chi connectivity index (χ0n) is 10.8. The molecule has 96 valence electrons. The van der Waals surface area contributed by atoms with Crippen molar-refractivity contribution in [1.29, 1.82) is 0 Å². The summed E-state index contributed by atoms with van der Waals surface area (Å²) in [6.07, 6.45) is 0. The number of para-hydroxylation sites is 1. The van der Waals surface area contributed by atoms with E-state index in [0.717, 1.165) is 5.56 Å². The normalized spacial score (nSPS) is 12.1. The van der Waals surface area contributed by atoms with Gasteiger partial charge in [-0.3, -0.25) is 4.72 Å². The Hall–Kier alpha value is -1.07. The predicted molar refractivity (Wildman–Crippen MR) is 71.5 cm³/mol. The third-order valence-electron chi connectivity index (χ3n) is 2.38. The SMILES string of the molecule is CC(C)S(=O)(=O)Nc1ccccc1CN(C)C. The van der Waals surface area contributed by atoms with E-state index in [1.807, 2.05) is 37.2 Å². The highest BCUT2D eigenvalue weighted by atomic mass is 32.2. The number of anilines is 1. The van der Waals surface area contributed by atoms with Crippen molar-refractivity contribution >= 4 is 15.7 Å². The highest BCUT2D eigenvalue weighted by molar-refractivity contribution is 7.93. The van der Waals surface area contributed by atoms with E-state index in [1.165, 1.54) is 0 Å². The number of nitrogens with zero attached hydrogens (tertiary/aromatic N) is 1. The lowest BCUT2D eigenvalue weighted by molar-refractivity contribution is 0.403. The fourth-order valence-electron chi connectivity index (χ4n) is 1.37. The molecule has 1 aromatic rings. The van der Waals surface area contributed by atoms with Gasteiger partial charge in [0.2, 0.25) is 10.0 Å². The number of rotatable bonds is 5. The summed E-state index contributed by atoms with van der Waals surface area (Å²) in [4.78, 5) is 2.00. The number of sulfonamides is 1.